The Bertz CT molecular complexity index is 382. The topological polar surface area (TPSA) is 38.5 Å². The zero-order chi connectivity index (χ0) is 12.3. The van der Waals surface area contributed by atoms with Crippen molar-refractivity contribution in [1.82, 2.24) is 0 Å². The summed E-state index contributed by atoms with van der Waals surface area (Å²) in [6.45, 7) is 5.36. The number of nitrogens with zero attached hydrogens (tertiary/aromatic N) is 1. The van der Waals surface area contributed by atoms with E-state index in [0.29, 0.717) is 12.6 Å². The molecule has 1 aliphatic rings. The molecule has 2 N–H and O–H groups in total. The number of aryl methyl sites for hydroxylation is 1. The number of ether oxygens (including phenoxy) is 1. The van der Waals surface area contributed by atoms with E-state index >= 15 is 0 Å². The van der Waals surface area contributed by atoms with E-state index in [4.69, 9.17) is 10.5 Å². The Balaban J connectivity index is 2.20. The Kier molecular flexibility index (Phi) is 4.42. The van der Waals surface area contributed by atoms with Crippen LogP contribution in [0.2, 0.25) is 0 Å². The van der Waals surface area contributed by atoms with Crippen molar-refractivity contribution in [2.75, 3.05) is 31.2 Å². The fraction of sp³-hybridized carbons (Fsp3) is 0.538. The van der Waals surface area contributed by atoms with Crippen LogP contribution >= 0.6 is 15.9 Å². The predicted octanol–water partition coefficient (Wildman–Crippen LogP) is 2.31. The van der Waals surface area contributed by atoms with Crippen molar-refractivity contribution in [1.29, 1.82) is 0 Å². The summed E-state index contributed by atoms with van der Waals surface area (Å²) in [6.07, 6.45) is 0.981. The number of anilines is 1. The van der Waals surface area contributed by atoms with Crippen LogP contribution in [-0.2, 0) is 4.74 Å². The number of benzene rings is 1. The van der Waals surface area contributed by atoms with Crippen LogP contribution in [0.1, 0.15) is 12.0 Å². The minimum atomic E-state index is 0.411. The number of halogens is 1. The summed E-state index contributed by atoms with van der Waals surface area (Å²) in [4.78, 5) is 2.41. The number of nitrogens with two attached hydrogens (primary N) is 1. The van der Waals surface area contributed by atoms with Crippen LogP contribution in [0.3, 0.4) is 0 Å². The van der Waals surface area contributed by atoms with E-state index in [-0.39, 0.29) is 0 Å². The zero-order valence-electron chi connectivity index (χ0n) is 10.2. The van der Waals surface area contributed by atoms with Gasteiger partial charge in [-0.2, -0.15) is 0 Å². The van der Waals surface area contributed by atoms with Gasteiger partial charge in [-0.15, -0.1) is 0 Å². The highest BCUT2D eigenvalue weighted by Crippen LogP contribution is 2.26. The minimum absolute atomic E-state index is 0.411. The Labute approximate surface area is 111 Å². The van der Waals surface area contributed by atoms with Crippen LogP contribution < -0.4 is 10.6 Å². The second-order valence-corrected chi connectivity index (χ2v) is 5.29. The largest absolute Gasteiger partial charge is 0.377 e. The maximum absolute atomic E-state index is 5.66. The molecule has 1 heterocycles. The van der Waals surface area contributed by atoms with Crippen LogP contribution in [0.4, 0.5) is 5.69 Å². The van der Waals surface area contributed by atoms with Gasteiger partial charge in [0, 0.05) is 16.7 Å². The van der Waals surface area contributed by atoms with Gasteiger partial charge in [0.1, 0.15) is 0 Å². The van der Waals surface area contributed by atoms with Crippen molar-refractivity contribution in [2.24, 2.45) is 5.73 Å². The summed E-state index contributed by atoms with van der Waals surface area (Å²) in [5.41, 5.74) is 8.20. The molecular formula is C13H19BrN2O. The van der Waals surface area contributed by atoms with Gasteiger partial charge in [0.2, 0.25) is 0 Å². The maximum Gasteiger partial charge on any atom is 0.0671 e. The third-order valence-corrected chi connectivity index (χ3v) is 4.09. The van der Waals surface area contributed by atoms with Crippen LogP contribution in [0.5, 0.6) is 0 Å². The molecule has 0 bridgehead atoms. The molecule has 0 aromatic heterocycles. The van der Waals surface area contributed by atoms with Gasteiger partial charge in [0.15, 0.2) is 0 Å². The van der Waals surface area contributed by atoms with Gasteiger partial charge in [-0.1, -0.05) is 15.9 Å². The van der Waals surface area contributed by atoms with Crippen molar-refractivity contribution in [3.63, 3.8) is 0 Å². The molecule has 3 nitrogen and oxygen atoms in total. The van der Waals surface area contributed by atoms with E-state index < -0.39 is 0 Å². The molecule has 94 valence electrons. The number of hydrogen-bond acceptors (Lipinski definition) is 3. The molecule has 1 aromatic carbocycles. The van der Waals surface area contributed by atoms with Crippen molar-refractivity contribution >= 4 is 21.6 Å². The lowest BCUT2D eigenvalue weighted by molar-refractivity contribution is 0.0922. The molecule has 0 amide bonds. The first-order chi connectivity index (χ1) is 8.22. The zero-order valence-corrected chi connectivity index (χ0v) is 11.7. The third-order valence-electron chi connectivity index (χ3n) is 3.20. The quantitative estimate of drug-likeness (QED) is 0.931. The van der Waals surface area contributed by atoms with Gasteiger partial charge in [0.05, 0.1) is 19.3 Å². The highest BCUT2D eigenvalue weighted by Gasteiger charge is 2.22. The molecule has 1 saturated heterocycles. The van der Waals surface area contributed by atoms with Gasteiger partial charge in [-0.3, -0.25) is 0 Å². The standard InChI is InChI=1S/C13H19BrN2O/c1-10-8-11(2-3-13(10)14)16-6-7-17-9-12(16)4-5-15/h2-3,8,12H,4-7,9,15H2,1H3. The maximum atomic E-state index is 5.66. The average molecular weight is 299 g/mol. The molecule has 1 atom stereocenters. The molecule has 1 aliphatic heterocycles. The average Bonchev–Trinajstić information content (AvgIpc) is 2.34. The van der Waals surface area contributed by atoms with Crippen LogP contribution in [-0.4, -0.2) is 32.3 Å². The lowest BCUT2D eigenvalue weighted by Crippen LogP contribution is -2.46. The highest BCUT2D eigenvalue weighted by molar-refractivity contribution is 9.10. The SMILES string of the molecule is Cc1cc(N2CCOCC2CCN)ccc1Br. The Morgan fingerprint density at radius 1 is 1.53 bits per heavy atom. The lowest BCUT2D eigenvalue weighted by atomic mass is 10.1. The molecule has 17 heavy (non-hydrogen) atoms. The molecule has 0 saturated carbocycles. The first-order valence-electron chi connectivity index (χ1n) is 6.03. The summed E-state index contributed by atoms with van der Waals surface area (Å²) >= 11 is 3.54. The van der Waals surface area contributed by atoms with E-state index in [1.54, 1.807) is 0 Å². The number of morpholine rings is 1. The summed E-state index contributed by atoms with van der Waals surface area (Å²) in [6, 6.07) is 6.90. The smallest absolute Gasteiger partial charge is 0.0671 e. The van der Waals surface area contributed by atoms with Gasteiger partial charge in [-0.05, 0) is 43.7 Å². The second kappa shape index (κ2) is 5.85. The van der Waals surface area contributed by atoms with Crippen LogP contribution in [0.15, 0.2) is 22.7 Å². The fourth-order valence-corrected chi connectivity index (χ4v) is 2.48. The van der Waals surface area contributed by atoms with E-state index in [1.807, 2.05) is 0 Å². The van der Waals surface area contributed by atoms with Crippen molar-refractivity contribution in [3.05, 3.63) is 28.2 Å². The van der Waals surface area contributed by atoms with Crippen LogP contribution in [0.25, 0.3) is 0 Å². The molecule has 0 aliphatic carbocycles. The molecule has 1 unspecified atom stereocenters. The van der Waals surface area contributed by atoms with E-state index in [9.17, 15) is 0 Å². The first kappa shape index (κ1) is 12.9. The third kappa shape index (κ3) is 3.00. The van der Waals surface area contributed by atoms with E-state index in [1.165, 1.54) is 11.3 Å². The predicted molar refractivity (Wildman–Crippen MR) is 74.5 cm³/mol. The van der Waals surface area contributed by atoms with Gasteiger partial charge < -0.3 is 15.4 Å². The van der Waals surface area contributed by atoms with Crippen LogP contribution in [0, 0.1) is 6.92 Å². The normalized spacial score (nSPS) is 20.6. The minimum Gasteiger partial charge on any atom is -0.377 e. The lowest BCUT2D eigenvalue weighted by Gasteiger charge is -2.37. The van der Waals surface area contributed by atoms with Gasteiger partial charge in [-0.25, -0.2) is 0 Å². The molecular weight excluding hydrogens is 280 g/mol. The number of rotatable bonds is 3. The molecule has 2 rings (SSSR count). The van der Waals surface area contributed by atoms with Crippen molar-refractivity contribution < 1.29 is 4.74 Å². The van der Waals surface area contributed by atoms with Gasteiger partial charge in [0.25, 0.3) is 0 Å². The Morgan fingerprint density at radius 2 is 2.35 bits per heavy atom. The summed E-state index contributed by atoms with van der Waals surface area (Å²) in [5.74, 6) is 0. The molecule has 1 fully saturated rings. The Morgan fingerprint density at radius 3 is 3.06 bits per heavy atom. The van der Waals surface area contributed by atoms with E-state index in [2.05, 4.69) is 46.0 Å². The fourth-order valence-electron chi connectivity index (χ4n) is 2.23. The van der Waals surface area contributed by atoms with Crippen molar-refractivity contribution in [3.8, 4) is 0 Å². The Hall–Kier alpha value is -0.580. The second-order valence-electron chi connectivity index (χ2n) is 4.43. The summed E-state index contributed by atoms with van der Waals surface area (Å²) in [5, 5.41) is 0. The molecule has 4 heteroatoms. The van der Waals surface area contributed by atoms with Gasteiger partial charge >= 0.3 is 0 Å². The first-order valence-corrected chi connectivity index (χ1v) is 6.82. The molecule has 1 aromatic rings. The highest BCUT2D eigenvalue weighted by atomic mass is 79.9. The summed E-state index contributed by atoms with van der Waals surface area (Å²) in [7, 11) is 0. The van der Waals surface area contributed by atoms with E-state index in [0.717, 1.165) is 30.7 Å². The number of hydrogen-bond donors (Lipinski definition) is 1. The molecule has 0 spiro atoms. The monoisotopic (exact) mass is 298 g/mol. The van der Waals surface area contributed by atoms with Crippen molar-refractivity contribution in [2.45, 2.75) is 19.4 Å². The summed E-state index contributed by atoms with van der Waals surface area (Å²) < 4.78 is 6.69. The molecule has 0 radical (unpaired) electrons.